The van der Waals surface area contributed by atoms with Crippen LogP contribution < -0.4 is 0 Å². The van der Waals surface area contributed by atoms with Gasteiger partial charge in [-0.2, -0.15) is 0 Å². The molecular weight excluding hydrogens is 276 g/mol. The summed E-state index contributed by atoms with van der Waals surface area (Å²) in [6, 6.07) is 10.7. The lowest BCUT2D eigenvalue weighted by molar-refractivity contribution is 0.273. The number of alkyl halides is 1. The third-order valence-electron chi connectivity index (χ3n) is 3.50. The fraction of sp³-hybridized carbons (Fsp3) is 0.600. The number of halogens is 1. The molecule has 2 nitrogen and oxygen atoms in total. The summed E-state index contributed by atoms with van der Waals surface area (Å²) in [5.41, 5.74) is 0. The number of thioether (sulfide) groups is 1. The van der Waals surface area contributed by atoms with E-state index in [0.717, 1.165) is 12.4 Å². The SMILES string of the molecule is ClCCN1CCCN(CCSc2ccccc2)CC1. The van der Waals surface area contributed by atoms with E-state index in [1.54, 1.807) is 0 Å². The second-order valence-corrected chi connectivity index (χ2v) is 6.43. The molecule has 1 saturated heterocycles. The molecule has 0 radical (unpaired) electrons. The van der Waals surface area contributed by atoms with E-state index in [1.807, 2.05) is 11.8 Å². The van der Waals surface area contributed by atoms with Gasteiger partial charge in [-0.05, 0) is 31.6 Å². The van der Waals surface area contributed by atoms with Gasteiger partial charge in [-0.15, -0.1) is 23.4 Å². The van der Waals surface area contributed by atoms with Crippen LogP contribution in [0.25, 0.3) is 0 Å². The molecule has 0 aromatic heterocycles. The van der Waals surface area contributed by atoms with Crippen molar-refractivity contribution in [2.45, 2.75) is 11.3 Å². The number of benzene rings is 1. The number of hydrogen-bond acceptors (Lipinski definition) is 3. The van der Waals surface area contributed by atoms with Gasteiger partial charge in [-0.25, -0.2) is 0 Å². The van der Waals surface area contributed by atoms with E-state index in [-0.39, 0.29) is 0 Å². The maximum atomic E-state index is 5.82. The molecule has 0 saturated carbocycles. The van der Waals surface area contributed by atoms with Crippen molar-refractivity contribution >= 4 is 23.4 Å². The van der Waals surface area contributed by atoms with Gasteiger partial charge >= 0.3 is 0 Å². The van der Waals surface area contributed by atoms with E-state index in [4.69, 9.17) is 11.6 Å². The van der Waals surface area contributed by atoms with Gasteiger partial charge < -0.3 is 9.80 Å². The smallest absolute Gasteiger partial charge is 0.0351 e. The van der Waals surface area contributed by atoms with Crippen LogP contribution in [0.1, 0.15) is 6.42 Å². The Morgan fingerprint density at radius 1 is 0.947 bits per heavy atom. The zero-order chi connectivity index (χ0) is 13.3. The summed E-state index contributed by atoms with van der Waals surface area (Å²) in [5, 5.41) is 0. The summed E-state index contributed by atoms with van der Waals surface area (Å²) in [5.74, 6) is 1.93. The molecule has 4 heteroatoms. The van der Waals surface area contributed by atoms with Crippen molar-refractivity contribution in [2.24, 2.45) is 0 Å². The number of hydrogen-bond donors (Lipinski definition) is 0. The van der Waals surface area contributed by atoms with Gasteiger partial charge in [-0.1, -0.05) is 18.2 Å². The lowest BCUT2D eigenvalue weighted by Crippen LogP contribution is -2.32. The quantitative estimate of drug-likeness (QED) is 0.589. The Balaban J connectivity index is 1.66. The first kappa shape index (κ1) is 15.2. The second kappa shape index (κ2) is 8.85. The Morgan fingerprint density at radius 3 is 2.32 bits per heavy atom. The van der Waals surface area contributed by atoms with Crippen LogP contribution in [0.4, 0.5) is 0 Å². The topological polar surface area (TPSA) is 6.48 Å². The minimum absolute atomic E-state index is 0.754. The molecule has 1 aliphatic rings. The molecule has 0 bridgehead atoms. The zero-order valence-corrected chi connectivity index (χ0v) is 13.0. The molecule has 0 amide bonds. The van der Waals surface area contributed by atoms with Crippen molar-refractivity contribution in [1.82, 2.24) is 9.80 Å². The first-order chi connectivity index (χ1) is 9.38. The van der Waals surface area contributed by atoms with Gasteiger partial charge in [0.2, 0.25) is 0 Å². The average Bonchev–Trinajstić information content (AvgIpc) is 2.66. The predicted octanol–water partition coefficient (Wildman–Crippen LogP) is 3.03. The average molecular weight is 299 g/mol. The van der Waals surface area contributed by atoms with Gasteiger partial charge in [0.25, 0.3) is 0 Å². The van der Waals surface area contributed by atoms with Gasteiger partial charge in [0.05, 0.1) is 0 Å². The van der Waals surface area contributed by atoms with Crippen LogP contribution in [0.3, 0.4) is 0 Å². The first-order valence-corrected chi connectivity index (χ1v) is 8.59. The van der Waals surface area contributed by atoms with Gasteiger partial charge in [0.15, 0.2) is 0 Å². The van der Waals surface area contributed by atoms with Crippen LogP contribution in [0.2, 0.25) is 0 Å². The lowest BCUT2D eigenvalue weighted by atomic mass is 10.4. The van der Waals surface area contributed by atoms with Crippen molar-refractivity contribution in [1.29, 1.82) is 0 Å². The fourth-order valence-electron chi connectivity index (χ4n) is 2.40. The van der Waals surface area contributed by atoms with Crippen LogP contribution in [0.5, 0.6) is 0 Å². The Morgan fingerprint density at radius 2 is 1.63 bits per heavy atom. The summed E-state index contributed by atoms with van der Waals surface area (Å²) >= 11 is 7.77. The molecule has 0 spiro atoms. The van der Waals surface area contributed by atoms with Gasteiger partial charge in [-0.3, -0.25) is 0 Å². The molecule has 1 aliphatic heterocycles. The predicted molar refractivity (Wildman–Crippen MR) is 85.4 cm³/mol. The summed E-state index contributed by atoms with van der Waals surface area (Å²) < 4.78 is 0. The van der Waals surface area contributed by atoms with Crippen molar-refractivity contribution in [3.63, 3.8) is 0 Å². The van der Waals surface area contributed by atoms with Crippen molar-refractivity contribution in [2.75, 3.05) is 50.9 Å². The van der Waals surface area contributed by atoms with Crippen molar-refractivity contribution in [3.8, 4) is 0 Å². The minimum atomic E-state index is 0.754. The van der Waals surface area contributed by atoms with Crippen LogP contribution in [-0.4, -0.2) is 60.7 Å². The van der Waals surface area contributed by atoms with Crippen molar-refractivity contribution in [3.05, 3.63) is 30.3 Å². The van der Waals surface area contributed by atoms with Crippen LogP contribution in [0, 0.1) is 0 Å². The summed E-state index contributed by atoms with van der Waals surface area (Å²) in [4.78, 5) is 6.45. The molecule has 0 unspecified atom stereocenters. The third-order valence-corrected chi connectivity index (χ3v) is 4.66. The molecule has 1 fully saturated rings. The van der Waals surface area contributed by atoms with E-state index in [1.165, 1.54) is 49.8 Å². The Kier molecular flexibility index (Phi) is 7.07. The zero-order valence-electron chi connectivity index (χ0n) is 11.4. The summed E-state index contributed by atoms with van der Waals surface area (Å²) in [7, 11) is 0. The molecule has 1 aromatic rings. The highest BCUT2D eigenvalue weighted by molar-refractivity contribution is 7.99. The van der Waals surface area contributed by atoms with E-state index < -0.39 is 0 Å². The van der Waals surface area contributed by atoms with Gasteiger partial charge in [0.1, 0.15) is 0 Å². The van der Waals surface area contributed by atoms with Gasteiger partial charge in [0, 0.05) is 42.7 Å². The molecule has 0 N–H and O–H groups in total. The Bertz CT molecular complexity index is 347. The van der Waals surface area contributed by atoms with Crippen molar-refractivity contribution < 1.29 is 0 Å². The van der Waals surface area contributed by atoms with E-state index in [2.05, 4.69) is 40.1 Å². The van der Waals surface area contributed by atoms with Crippen LogP contribution >= 0.6 is 23.4 Å². The molecule has 2 rings (SSSR count). The fourth-order valence-corrected chi connectivity index (χ4v) is 3.57. The third kappa shape index (κ3) is 5.74. The molecule has 1 heterocycles. The standard InChI is InChI=1S/C15H23ClN2S/c16-7-10-17-8-4-9-18(12-11-17)13-14-19-15-5-2-1-3-6-15/h1-3,5-6H,4,7-14H2. The highest BCUT2D eigenvalue weighted by Gasteiger charge is 2.13. The monoisotopic (exact) mass is 298 g/mol. The molecule has 106 valence electrons. The van der Waals surface area contributed by atoms with E-state index >= 15 is 0 Å². The highest BCUT2D eigenvalue weighted by atomic mass is 35.5. The summed E-state index contributed by atoms with van der Waals surface area (Å²) in [6.45, 7) is 7.01. The molecule has 19 heavy (non-hydrogen) atoms. The molecule has 0 aliphatic carbocycles. The Hall–Kier alpha value is -0.220. The molecular formula is C15H23ClN2S. The highest BCUT2D eigenvalue weighted by Crippen LogP contribution is 2.17. The summed E-state index contributed by atoms with van der Waals surface area (Å²) in [6.07, 6.45) is 1.27. The van der Waals surface area contributed by atoms with E-state index in [0.29, 0.717) is 0 Å². The lowest BCUT2D eigenvalue weighted by Gasteiger charge is -2.20. The molecule has 1 aromatic carbocycles. The first-order valence-electron chi connectivity index (χ1n) is 7.07. The van der Waals surface area contributed by atoms with Crippen LogP contribution in [0.15, 0.2) is 35.2 Å². The molecule has 0 atom stereocenters. The largest absolute Gasteiger partial charge is 0.301 e. The maximum absolute atomic E-state index is 5.82. The second-order valence-electron chi connectivity index (χ2n) is 4.89. The van der Waals surface area contributed by atoms with E-state index in [9.17, 15) is 0 Å². The number of rotatable bonds is 6. The minimum Gasteiger partial charge on any atom is -0.301 e. The number of nitrogens with zero attached hydrogens (tertiary/aromatic N) is 2. The normalized spacial score (nSPS) is 18.4. The van der Waals surface area contributed by atoms with Crippen LogP contribution in [-0.2, 0) is 0 Å². The Labute approximate surface area is 126 Å². The maximum Gasteiger partial charge on any atom is 0.0351 e.